The lowest BCUT2D eigenvalue weighted by molar-refractivity contribution is 0.0261. The van der Waals surface area contributed by atoms with Gasteiger partial charge in [-0.15, -0.1) is 5.01 Å². The number of hydrogen-bond donors (Lipinski definition) is 0. The molecule has 0 saturated carbocycles. The van der Waals surface area contributed by atoms with Crippen molar-refractivity contribution in [1.82, 2.24) is 9.91 Å². The van der Waals surface area contributed by atoms with Crippen molar-refractivity contribution in [1.29, 1.82) is 0 Å². The highest BCUT2D eigenvalue weighted by atomic mass is 32.2. The number of benzene rings is 2. The Bertz CT molecular complexity index is 1340. The van der Waals surface area contributed by atoms with E-state index < -0.39 is 11.3 Å². The Morgan fingerprint density at radius 2 is 1.83 bits per heavy atom. The van der Waals surface area contributed by atoms with Crippen LogP contribution in [0.4, 0.5) is 15.3 Å². The maximum atomic E-state index is 13.5. The van der Waals surface area contributed by atoms with Gasteiger partial charge in [0, 0.05) is 37.4 Å². The third kappa shape index (κ3) is 6.34. The third-order valence-corrected chi connectivity index (χ3v) is 8.27. The number of aryl methyl sites for hydroxylation is 1. The van der Waals surface area contributed by atoms with Crippen LogP contribution in [-0.2, 0) is 15.9 Å². The summed E-state index contributed by atoms with van der Waals surface area (Å²) < 4.78 is 21.4. The van der Waals surface area contributed by atoms with Gasteiger partial charge < -0.3 is 23.8 Å². The number of carbonyl (C=O) groups is 3. The van der Waals surface area contributed by atoms with Crippen LogP contribution in [0.15, 0.2) is 41.5 Å². The van der Waals surface area contributed by atoms with Crippen LogP contribution in [0.25, 0.3) is 0 Å². The van der Waals surface area contributed by atoms with E-state index in [1.54, 1.807) is 30.2 Å². The summed E-state index contributed by atoms with van der Waals surface area (Å²) in [4.78, 5) is 42.8. The van der Waals surface area contributed by atoms with Gasteiger partial charge in [-0.2, -0.15) is 5.10 Å². The number of thioether (sulfide) groups is 1. The summed E-state index contributed by atoms with van der Waals surface area (Å²) in [6.45, 7) is 6.08. The van der Waals surface area contributed by atoms with Gasteiger partial charge in [0.15, 0.2) is 11.5 Å². The van der Waals surface area contributed by atoms with Gasteiger partial charge in [0.2, 0.25) is 0 Å². The molecule has 3 heterocycles. The number of ether oxygens (including phenoxy) is 4. The van der Waals surface area contributed by atoms with Crippen LogP contribution >= 0.6 is 11.8 Å². The van der Waals surface area contributed by atoms with Crippen molar-refractivity contribution in [3.8, 4) is 11.5 Å². The maximum Gasteiger partial charge on any atom is 0.438 e. The number of carbonyl (C=O) groups excluding carboxylic acids is 3. The Hall–Kier alpha value is -3.61. The predicted molar refractivity (Wildman–Crippen MR) is 155 cm³/mol. The molecular weight excluding hydrogens is 548 g/mol. The average molecular weight is 583 g/mol. The van der Waals surface area contributed by atoms with Crippen LogP contribution in [0.1, 0.15) is 34.8 Å². The highest BCUT2D eigenvalue weighted by Gasteiger charge is 2.34. The molecule has 218 valence electrons. The topological polar surface area (TPSA) is 110 Å². The minimum absolute atomic E-state index is 0.129. The molecule has 11 nitrogen and oxygen atoms in total. The van der Waals surface area contributed by atoms with E-state index in [1.807, 2.05) is 25.1 Å². The smallest absolute Gasteiger partial charge is 0.438 e. The molecule has 0 bridgehead atoms. The second-order valence-corrected chi connectivity index (χ2v) is 11.2. The second kappa shape index (κ2) is 12.9. The fourth-order valence-electron chi connectivity index (χ4n) is 5.14. The Morgan fingerprint density at radius 1 is 1.05 bits per heavy atom. The van der Waals surface area contributed by atoms with Gasteiger partial charge in [-0.05, 0) is 61.2 Å². The fraction of sp³-hybridized carbons (Fsp3) is 0.448. The Balaban J connectivity index is 1.33. The van der Waals surface area contributed by atoms with Crippen molar-refractivity contribution in [2.75, 3.05) is 65.1 Å². The first-order chi connectivity index (χ1) is 19.9. The number of fused-ring (bicyclic) bond motifs is 1. The van der Waals surface area contributed by atoms with Crippen molar-refractivity contribution in [2.45, 2.75) is 25.0 Å². The Kier molecular flexibility index (Phi) is 9.11. The lowest BCUT2D eigenvalue weighted by Gasteiger charge is -2.31. The SMILES string of the molecule is COc1ccc(C(=O)N2CCCc3cc(C4=NN(C(=O)OCCN5CCOCC5)C(=O)SC4C)ccc32)cc1OC. The molecule has 1 saturated heterocycles. The first kappa shape index (κ1) is 28.9. The van der Waals surface area contributed by atoms with Crippen LogP contribution in [0.2, 0.25) is 0 Å². The van der Waals surface area contributed by atoms with Crippen molar-refractivity contribution >= 4 is 40.4 Å². The summed E-state index contributed by atoms with van der Waals surface area (Å²) in [5.41, 5.74) is 3.72. The molecule has 0 aliphatic carbocycles. The molecule has 2 aromatic rings. The molecule has 0 aromatic heterocycles. The van der Waals surface area contributed by atoms with Crippen molar-refractivity contribution < 1.29 is 33.3 Å². The molecule has 5 rings (SSSR count). The van der Waals surface area contributed by atoms with Crippen molar-refractivity contribution in [3.05, 3.63) is 53.1 Å². The number of imide groups is 1. The number of hydrogen-bond acceptors (Lipinski definition) is 10. The number of morpholine rings is 1. The van der Waals surface area contributed by atoms with E-state index in [-0.39, 0.29) is 17.8 Å². The molecule has 1 fully saturated rings. The molecule has 1 unspecified atom stereocenters. The van der Waals surface area contributed by atoms with Gasteiger partial charge in [0.1, 0.15) is 6.61 Å². The minimum Gasteiger partial charge on any atom is -0.493 e. The first-order valence-corrected chi connectivity index (χ1v) is 14.5. The van der Waals surface area contributed by atoms with Gasteiger partial charge in [-0.1, -0.05) is 17.8 Å². The van der Waals surface area contributed by atoms with E-state index in [2.05, 4.69) is 10.0 Å². The van der Waals surface area contributed by atoms with Gasteiger partial charge in [0.25, 0.3) is 5.91 Å². The van der Waals surface area contributed by atoms with E-state index in [0.29, 0.717) is 49.1 Å². The molecule has 12 heteroatoms. The second-order valence-electron chi connectivity index (χ2n) is 9.87. The molecule has 1 atom stereocenters. The zero-order valence-corrected chi connectivity index (χ0v) is 24.3. The van der Waals surface area contributed by atoms with E-state index in [1.165, 1.54) is 7.11 Å². The van der Waals surface area contributed by atoms with Crippen molar-refractivity contribution in [2.24, 2.45) is 5.10 Å². The largest absolute Gasteiger partial charge is 0.493 e. The number of rotatable bonds is 7. The summed E-state index contributed by atoms with van der Waals surface area (Å²) in [6, 6.07) is 10.9. The van der Waals surface area contributed by atoms with E-state index in [0.717, 1.165) is 59.5 Å². The zero-order valence-electron chi connectivity index (χ0n) is 23.5. The number of anilines is 1. The van der Waals surface area contributed by atoms with E-state index in [9.17, 15) is 14.4 Å². The first-order valence-electron chi connectivity index (χ1n) is 13.6. The van der Waals surface area contributed by atoms with Crippen LogP contribution in [0.5, 0.6) is 11.5 Å². The standard InChI is InChI=1S/C29H34N4O7S/c1-19-26(30-33(29(36)41-19)28(35)40-16-13-31-11-14-39-15-12-31)21-6-8-23-20(17-21)5-4-10-32(23)27(34)22-7-9-24(37-2)25(18-22)38-3/h6-9,17-19H,4-5,10-16H2,1-3H3. The van der Waals surface area contributed by atoms with E-state index >= 15 is 0 Å². The Morgan fingerprint density at radius 3 is 2.59 bits per heavy atom. The zero-order chi connectivity index (χ0) is 28.9. The molecular formula is C29H34N4O7S. The number of hydrazone groups is 1. The molecule has 41 heavy (non-hydrogen) atoms. The molecule has 3 amide bonds. The number of amides is 3. The average Bonchev–Trinajstić information content (AvgIpc) is 3.00. The lowest BCUT2D eigenvalue weighted by Crippen LogP contribution is -2.41. The van der Waals surface area contributed by atoms with Crippen LogP contribution < -0.4 is 14.4 Å². The predicted octanol–water partition coefficient (Wildman–Crippen LogP) is 4.03. The van der Waals surface area contributed by atoms with Gasteiger partial charge in [-0.25, -0.2) is 4.79 Å². The summed E-state index contributed by atoms with van der Waals surface area (Å²) in [7, 11) is 3.09. The fourth-order valence-corrected chi connectivity index (χ4v) is 5.95. The highest BCUT2D eigenvalue weighted by molar-refractivity contribution is 8.14. The lowest BCUT2D eigenvalue weighted by atomic mass is 9.96. The van der Waals surface area contributed by atoms with Crippen LogP contribution in [0.3, 0.4) is 0 Å². The minimum atomic E-state index is -0.787. The summed E-state index contributed by atoms with van der Waals surface area (Å²) in [6.07, 6.45) is 0.802. The quantitative estimate of drug-likeness (QED) is 0.478. The number of nitrogens with zero attached hydrogens (tertiary/aromatic N) is 4. The molecule has 0 spiro atoms. The molecule has 0 radical (unpaired) electrons. The van der Waals surface area contributed by atoms with Crippen LogP contribution in [0, 0.1) is 0 Å². The normalized spacial score (nSPS) is 19.3. The summed E-state index contributed by atoms with van der Waals surface area (Å²) in [5.74, 6) is 0.920. The third-order valence-electron chi connectivity index (χ3n) is 7.32. The molecule has 0 N–H and O–H groups in total. The number of methoxy groups -OCH3 is 2. The van der Waals surface area contributed by atoms with Crippen molar-refractivity contribution in [3.63, 3.8) is 0 Å². The van der Waals surface area contributed by atoms with Crippen LogP contribution in [-0.4, -0.2) is 98.3 Å². The maximum absolute atomic E-state index is 13.5. The summed E-state index contributed by atoms with van der Waals surface area (Å²) >= 11 is 1.03. The molecule has 3 aliphatic heterocycles. The van der Waals surface area contributed by atoms with Gasteiger partial charge in [-0.3, -0.25) is 14.5 Å². The molecule has 3 aliphatic rings. The molecule has 2 aromatic carbocycles. The highest BCUT2D eigenvalue weighted by Crippen LogP contribution is 2.34. The summed E-state index contributed by atoms with van der Waals surface area (Å²) in [5, 5.41) is 4.51. The van der Waals surface area contributed by atoms with Gasteiger partial charge >= 0.3 is 11.3 Å². The van der Waals surface area contributed by atoms with E-state index in [4.69, 9.17) is 18.9 Å². The monoisotopic (exact) mass is 582 g/mol. The van der Waals surface area contributed by atoms with Gasteiger partial charge in [0.05, 0.1) is 38.4 Å². The Labute approximate surface area is 243 Å².